The molecule has 0 heterocycles. The summed E-state index contributed by atoms with van der Waals surface area (Å²) in [4.78, 5) is 0. The minimum atomic E-state index is 0. The van der Waals surface area contributed by atoms with Crippen LogP contribution in [0, 0.1) is 29.2 Å². The Bertz CT molecular complexity index is 3.25. The molecule has 0 amide bonds. The van der Waals surface area contributed by atoms with Crippen LogP contribution in [0.2, 0.25) is 0 Å². The average Bonchev–Trinajstić information content (AvgIpc) is 0. The van der Waals surface area contributed by atoms with Gasteiger partial charge in [0, 0.05) is 29.2 Å². The molecule has 4 heteroatoms. The molecule has 0 spiro atoms. The molecule has 0 aromatic heterocycles. The second kappa shape index (κ2) is 48.2. The summed E-state index contributed by atoms with van der Waals surface area (Å²) in [5, 5.41) is 0. The van der Waals surface area contributed by atoms with Crippen molar-refractivity contribution < 1.29 is 43.3 Å². The van der Waals surface area contributed by atoms with E-state index in [9.17, 15) is 0 Å². The molecule has 0 aliphatic carbocycles. The van der Waals surface area contributed by atoms with Crippen LogP contribution >= 0.6 is 0 Å². The molecule has 0 aliphatic rings. The fraction of sp³-hybridized carbons (Fsp3) is 0. The van der Waals surface area contributed by atoms with Crippen LogP contribution in [0.1, 0.15) is 0 Å². The van der Waals surface area contributed by atoms with Gasteiger partial charge >= 0.3 is 0 Å². The Morgan fingerprint density at radius 2 is 0.500 bits per heavy atom. The monoisotopic (exact) mass is 295 g/mol. The molecular weight excluding hydrogens is 301 g/mol. The SMILES string of the molecule is [F-].[F-].[F-].[Pu]. The molecule has 0 unspecified atom stereocenters. The van der Waals surface area contributed by atoms with E-state index in [4.69, 9.17) is 0 Å². The third kappa shape index (κ3) is 14.5. The molecule has 0 rings (SSSR count). The van der Waals surface area contributed by atoms with Gasteiger partial charge in [0.25, 0.3) is 0 Å². The Kier molecular flexibility index (Phi) is 1360. The fourth-order valence-corrected chi connectivity index (χ4v) is 0. The third-order valence-corrected chi connectivity index (χ3v) is 0. The largest absolute Gasteiger partial charge is 1.00 e. The molecule has 0 saturated carbocycles. The normalized spacial score (nSPS) is 0. The van der Waals surface area contributed by atoms with Crippen molar-refractivity contribution in [3.63, 3.8) is 0 Å². The first-order chi connectivity index (χ1) is 0. The molecule has 0 aromatic carbocycles. The zero-order valence-corrected chi connectivity index (χ0v) is 4.94. The Morgan fingerprint density at radius 1 is 0.500 bits per heavy atom. The van der Waals surface area contributed by atoms with Crippen LogP contribution in [0.4, 0.5) is 0 Å². The molecule has 0 atom stereocenters. The smallest absolute Gasteiger partial charge is 0 e. The quantitative estimate of drug-likeness (QED) is 0.417. The van der Waals surface area contributed by atoms with Crippen molar-refractivity contribution in [3.05, 3.63) is 0 Å². The van der Waals surface area contributed by atoms with Crippen LogP contribution < -0.4 is 14.1 Å². The number of hydrogen-bond acceptors (Lipinski definition) is 0. The van der Waals surface area contributed by atoms with E-state index in [1.807, 2.05) is 0 Å². The van der Waals surface area contributed by atoms with E-state index < -0.39 is 0 Å². The Balaban J connectivity index is 0. The van der Waals surface area contributed by atoms with Gasteiger partial charge in [-0.3, -0.25) is 0 Å². The van der Waals surface area contributed by atoms with Crippen LogP contribution in [0.5, 0.6) is 0 Å². The molecule has 0 nitrogen and oxygen atoms in total. The topological polar surface area (TPSA) is 0 Å². The maximum atomic E-state index is 0. The van der Waals surface area contributed by atoms with Crippen molar-refractivity contribution in [1.29, 1.82) is 0 Å². The molecule has 0 bridgehead atoms. The van der Waals surface area contributed by atoms with Gasteiger partial charge in [0.2, 0.25) is 0 Å². The Morgan fingerprint density at radius 3 is 0.500 bits per heavy atom. The first kappa shape index (κ1) is 113. The molecule has 30 valence electrons. The van der Waals surface area contributed by atoms with Gasteiger partial charge in [0.05, 0.1) is 0 Å². The number of hydrogen-bond donors (Lipinski definition) is 0. The van der Waals surface area contributed by atoms with Crippen molar-refractivity contribution in [2.24, 2.45) is 0 Å². The van der Waals surface area contributed by atoms with Crippen molar-refractivity contribution >= 4 is 0 Å². The van der Waals surface area contributed by atoms with E-state index in [-0.39, 0.29) is 43.3 Å². The summed E-state index contributed by atoms with van der Waals surface area (Å²) in [5.74, 6) is 0. The fourth-order valence-electron chi connectivity index (χ4n) is 0. The van der Waals surface area contributed by atoms with E-state index in [1.54, 1.807) is 0 Å². The molecule has 0 aromatic rings. The summed E-state index contributed by atoms with van der Waals surface area (Å²) in [6, 6.07) is 0. The second-order valence-corrected chi connectivity index (χ2v) is 0. The van der Waals surface area contributed by atoms with Crippen molar-refractivity contribution in [2.45, 2.75) is 0 Å². The van der Waals surface area contributed by atoms with Gasteiger partial charge in [0.1, 0.15) is 0 Å². The summed E-state index contributed by atoms with van der Waals surface area (Å²) >= 11 is 0. The van der Waals surface area contributed by atoms with Gasteiger partial charge in [-0.05, 0) is 0 Å². The number of halogens is 3. The van der Waals surface area contributed by atoms with E-state index >= 15 is 0 Å². The van der Waals surface area contributed by atoms with Crippen LogP contribution in [0.3, 0.4) is 0 Å². The first-order valence-electron chi connectivity index (χ1n) is 0. The molecule has 0 saturated heterocycles. The maximum absolute atomic E-state index is 0. The van der Waals surface area contributed by atoms with Crippen LogP contribution in [-0.2, 0) is 0 Å². The summed E-state index contributed by atoms with van der Waals surface area (Å²) in [5.41, 5.74) is 0. The summed E-state index contributed by atoms with van der Waals surface area (Å²) < 4.78 is 0. The molecular formula is F3Pu-3. The van der Waals surface area contributed by atoms with Gasteiger partial charge in [-0.1, -0.05) is 0 Å². The first-order valence-corrected chi connectivity index (χ1v) is 0. The average molecular weight is 301 g/mol. The van der Waals surface area contributed by atoms with Gasteiger partial charge < -0.3 is 14.1 Å². The Hall–Kier alpha value is 0.777. The summed E-state index contributed by atoms with van der Waals surface area (Å²) in [7, 11) is 0. The predicted octanol–water partition coefficient (Wildman–Crippen LogP) is -8.99. The molecule has 4 heavy (non-hydrogen) atoms. The van der Waals surface area contributed by atoms with Gasteiger partial charge in [0.15, 0.2) is 0 Å². The zero-order chi connectivity index (χ0) is 0. The van der Waals surface area contributed by atoms with Crippen molar-refractivity contribution in [2.75, 3.05) is 0 Å². The Labute approximate surface area is 43.6 Å². The third-order valence-electron chi connectivity index (χ3n) is 0. The minimum absolute atomic E-state index is 0. The summed E-state index contributed by atoms with van der Waals surface area (Å²) in [6.45, 7) is 0. The van der Waals surface area contributed by atoms with Crippen LogP contribution in [-0.4, -0.2) is 0 Å². The second-order valence-electron chi connectivity index (χ2n) is 0. The van der Waals surface area contributed by atoms with Gasteiger partial charge in [-0.15, -0.1) is 0 Å². The van der Waals surface area contributed by atoms with E-state index in [1.165, 1.54) is 0 Å². The zero-order valence-electron chi connectivity index (χ0n) is 1.54. The molecule has 0 fully saturated rings. The van der Waals surface area contributed by atoms with E-state index in [0.717, 1.165) is 0 Å². The molecule has 0 radical (unpaired) electrons. The van der Waals surface area contributed by atoms with Crippen molar-refractivity contribution in [1.82, 2.24) is 0 Å². The molecule has 0 aliphatic heterocycles. The van der Waals surface area contributed by atoms with Crippen LogP contribution in [0.25, 0.3) is 0 Å². The van der Waals surface area contributed by atoms with E-state index in [2.05, 4.69) is 0 Å². The summed E-state index contributed by atoms with van der Waals surface area (Å²) in [6.07, 6.45) is 0. The minimum Gasteiger partial charge on any atom is -1.00 e. The van der Waals surface area contributed by atoms with E-state index in [0.29, 0.717) is 0 Å². The van der Waals surface area contributed by atoms with Crippen LogP contribution in [0.15, 0.2) is 0 Å². The number of rotatable bonds is 0. The predicted molar refractivity (Wildman–Crippen MR) is 0 cm³/mol. The van der Waals surface area contributed by atoms with Gasteiger partial charge in [-0.2, -0.15) is 0 Å². The van der Waals surface area contributed by atoms with Crippen molar-refractivity contribution in [3.8, 4) is 0 Å². The maximum Gasteiger partial charge on any atom is 0 e. The van der Waals surface area contributed by atoms with Gasteiger partial charge in [-0.25, -0.2) is 0 Å². The molecule has 0 N–H and O–H groups in total. The standard InChI is InChI=1S/3FH.Pu/h3*1H;/p-3.